The lowest BCUT2D eigenvalue weighted by atomic mass is 10.2. The molecule has 0 atom stereocenters. The largest absolute Gasteiger partial charge is 0.395 e. The van der Waals surface area contributed by atoms with Crippen LogP contribution in [0.5, 0.6) is 0 Å². The van der Waals surface area contributed by atoms with E-state index in [-0.39, 0.29) is 15.8 Å². The molecule has 0 heterocycles. The number of rotatable bonds is 1. The van der Waals surface area contributed by atoms with Crippen LogP contribution in [-0.2, 0) is 0 Å². The minimum atomic E-state index is -0.646. The number of benzene rings is 1. The summed E-state index contributed by atoms with van der Waals surface area (Å²) in [5.74, 6) is -1.23. The van der Waals surface area contributed by atoms with Crippen LogP contribution in [0.4, 0.5) is 20.2 Å². The molecule has 0 aliphatic heterocycles. The Morgan fingerprint density at radius 2 is 2.08 bits per heavy atom. The lowest BCUT2D eigenvalue weighted by molar-refractivity contribution is 0.601. The lowest BCUT2D eigenvalue weighted by Gasteiger charge is -2.08. The Morgan fingerprint density at radius 3 is 2.58 bits per heavy atom. The van der Waals surface area contributed by atoms with Gasteiger partial charge in [0.05, 0.1) is 15.8 Å². The fraction of sp³-hybridized carbons (Fsp3) is 0.143. The molecule has 1 aromatic carbocycles. The first-order valence-corrected chi connectivity index (χ1v) is 3.98. The molecular weight excluding hydrogens is 230 g/mol. The summed E-state index contributed by atoms with van der Waals surface area (Å²) in [5.41, 5.74) is 5.03. The molecular formula is C7H7BrF2N2. The van der Waals surface area contributed by atoms with Gasteiger partial charge in [-0.25, -0.2) is 8.78 Å². The van der Waals surface area contributed by atoms with Gasteiger partial charge in [-0.2, -0.15) is 0 Å². The smallest absolute Gasteiger partial charge is 0.162 e. The number of nitrogens with one attached hydrogen (secondary N) is 1. The maximum absolute atomic E-state index is 13.1. The van der Waals surface area contributed by atoms with Crippen LogP contribution in [0, 0.1) is 11.6 Å². The third-order valence-corrected chi connectivity index (χ3v) is 2.04. The van der Waals surface area contributed by atoms with Crippen molar-refractivity contribution in [3.63, 3.8) is 0 Å². The van der Waals surface area contributed by atoms with Crippen LogP contribution in [0.1, 0.15) is 0 Å². The third kappa shape index (κ3) is 1.36. The molecule has 0 aromatic heterocycles. The summed E-state index contributed by atoms with van der Waals surface area (Å²) >= 11 is 2.86. The van der Waals surface area contributed by atoms with Crippen molar-refractivity contribution in [2.24, 2.45) is 0 Å². The summed E-state index contributed by atoms with van der Waals surface area (Å²) in [6.45, 7) is 0. The monoisotopic (exact) mass is 236 g/mol. The second kappa shape index (κ2) is 3.26. The van der Waals surface area contributed by atoms with Crippen LogP contribution < -0.4 is 11.1 Å². The zero-order valence-corrected chi connectivity index (χ0v) is 7.87. The Balaban J connectivity index is 3.42. The van der Waals surface area contributed by atoms with Gasteiger partial charge in [-0.15, -0.1) is 0 Å². The Morgan fingerprint density at radius 1 is 1.50 bits per heavy atom. The first-order chi connectivity index (χ1) is 5.57. The number of hydrogen-bond donors (Lipinski definition) is 2. The van der Waals surface area contributed by atoms with E-state index in [1.807, 2.05) is 0 Å². The first-order valence-electron chi connectivity index (χ1n) is 3.18. The molecule has 0 unspecified atom stereocenters. The van der Waals surface area contributed by atoms with Crippen molar-refractivity contribution in [3.8, 4) is 0 Å². The predicted octanol–water partition coefficient (Wildman–Crippen LogP) is 2.35. The van der Waals surface area contributed by atoms with Crippen LogP contribution in [0.2, 0.25) is 0 Å². The van der Waals surface area contributed by atoms with Gasteiger partial charge in [-0.05, 0) is 22.0 Å². The summed E-state index contributed by atoms with van der Waals surface area (Å²) < 4.78 is 26.0. The van der Waals surface area contributed by atoms with Gasteiger partial charge in [-0.1, -0.05) is 0 Å². The van der Waals surface area contributed by atoms with Gasteiger partial charge in [0.25, 0.3) is 0 Å². The van der Waals surface area contributed by atoms with Gasteiger partial charge in [0.1, 0.15) is 5.82 Å². The molecule has 1 aromatic rings. The predicted molar refractivity (Wildman–Crippen MR) is 48.0 cm³/mol. The maximum Gasteiger partial charge on any atom is 0.162 e. The van der Waals surface area contributed by atoms with Gasteiger partial charge in [0, 0.05) is 7.05 Å². The molecule has 12 heavy (non-hydrogen) atoms. The van der Waals surface area contributed by atoms with Gasteiger partial charge in [-0.3, -0.25) is 0 Å². The van der Waals surface area contributed by atoms with Gasteiger partial charge >= 0.3 is 0 Å². The SMILES string of the molecule is CNc1c(N)c(F)cc(Br)c1F. The summed E-state index contributed by atoms with van der Waals surface area (Å²) in [4.78, 5) is 0. The van der Waals surface area contributed by atoms with Crippen molar-refractivity contribution in [1.82, 2.24) is 0 Å². The second-order valence-corrected chi connectivity index (χ2v) is 3.05. The van der Waals surface area contributed by atoms with Crippen molar-refractivity contribution in [2.75, 3.05) is 18.1 Å². The van der Waals surface area contributed by atoms with E-state index < -0.39 is 11.6 Å². The molecule has 3 N–H and O–H groups in total. The van der Waals surface area contributed by atoms with E-state index in [0.717, 1.165) is 6.07 Å². The summed E-state index contributed by atoms with van der Waals surface area (Å²) in [6.07, 6.45) is 0. The number of anilines is 2. The highest BCUT2D eigenvalue weighted by Crippen LogP contribution is 2.30. The number of nitrogen functional groups attached to an aromatic ring is 1. The molecule has 0 amide bonds. The zero-order chi connectivity index (χ0) is 9.30. The van der Waals surface area contributed by atoms with E-state index >= 15 is 0 Å². The van der Waals surface area contributed by atoms with Crippen LogP contribution in [0.15, 0.2) is 10.5 Å². The molecule has 0 aliphatic carbocycles. The van der Waals surface area contributed by atoms with Crippen LogP contribution >= 0.6 is 15.9 Å². The van der Waals surface area contributed by atoms with Gasteiger partial charge in [0.2, 0.25) is 0 Å². The van der Waals surface area contributed by atoms with Crippen LogP contribution in [-0.4, -0.2) is 7.05 Å². The van der Waals surface area contributed by atoms with Crippen molar-refractivity contribution < 1.29 is 8.78 Å². The fourth-order valence-corrected chi connectivity index (χ4v) is 1.25. The highest BCUT2D eigenvalue weighted by molar-refractivity contribution is 9.10. The molecule has 0 bridgehead atoms. The first kappa shape index (κ1) is 9.25. The quantitative estimate of drug-likeness (QED) is 0.581. The Hall–Kier alpha value is -0.840. The topological polar surface area (TPSA) is 38.0 Å². The normalized spacial score (nSPS) is 10.0. The number of halogens is 3. The third-order valence-electron chi connectivity index (χ3n) is 1.46. The van der Waals surface area contributed by atoms with Crippen LogP contribution in [0.25, 0.3) is 0 Å². The highest BCUT2D eigenvalue weighted by Gasteiger charge is 2.13. The lowest BCUT2D eigenvalue weighted by Crippen LogP contribution is -2.02. The zero-order valence-electron chi connectivity index (χ0n) is 6.29. The Labute approximate surface area is 76.9 Å². The molecule has 0 saturated heterocycles. The minimum Gasteiger partial charge on any atom is -0.395 e. The molecule has 0 saturated carbocycles. The fourth-order valence-electron chi connectivity index (χ4n) is 0.854. The standard InChI is InChI=1S/C7H7BrF2N2/c1-12-7-5(10)3(8)2-4(9)6(7)11/h2,12H,11H2,1H3. The summed E-state index contributed by atoms with van der Waals surface area (Å²) in [5, 5.41) is 2.48. The van der Waals surface area contributed by atoms with Crippen molar-refractivity contribution in [2.45, 2.75) is 0 Å². The van der Waals surface area contributed by atoms with Gasteiger partial charge in [0.15, 0.2) is 5.82 Å². The summed E-state index contributed by atoms with van der Waals surface area (Å²) in [6, 6.07) is 0.992. The molecule has 0 fully saturated rings. The molecule has 1 rings (SSSR count). The number of nitrogens with two attached hydrogens (primary N) is 1. The Kier molecular flexibility index (Phi) is 2.52. The molecule has 0 spiro atoms. The average molecular weight is 237 g/mol. The van der Waals surface area contributed by atoms with Crippen molar-refractivity contribution in [1.29, 1.82) is 0 Å². The molecule has 2 nitrogen and oxygen atoms in total. The van der Waals surface area contributed by atoms with E-state index in [9.17, 15) is 8.78 Å². The van der Waals surface area contributed by atoms with E-state index in [0.29, 0.717) is 0 Å². The minimum absolute atomic E-state index is 0.0260. The van der Waals surface area contributed by atoms with E-state index in [1.54, 1.807) is 0 Å². The Bertz CT molecular complexity index is 289. The number of hydrogen-bond acceptors (Lipinski definition) is 2. The highest BCUT2D eigenvalue weighted by atomic mass is 79.9. The molecule has 5 heteroatoms. The van der Waals surface area contributed by atoms with Gasteiger partial charge < -0.3 is 11.1 Å². The molecule has 66 valence electrons. The molecule has 0 aliphatic rings. The maximum atomic E-state index is 13.1. The van der Waals surface area contributed by atoms with E-state index in [2.05, 4.69) is 21.2 Å². The van der Waals surface area contributed by atoms with Crippen molar-refractivity contribution >= 4 is 27.3 Å². The molecule has 0 radical (unpaired) electrons. The van der Waals surface area contributed by atoms with Crippen LogP contribution in [0.3, 0.4) is 0 Å². The van der Waals surface area contributed by atoms with E-state index in [1.165, 1.54) is 7.05 Å². The summed E-state index contributed by atoms with van der Waals surface area (Å²) in [7, 11) is 1.47. The van der Waals surface area contributed by atoms with E-state index in [4.69, 9.17) is 5.73 Å². The average Bonchev–Trinajstić information content (AvgIpc) is 2.02. The second-order valence-electron chi connectivity index (χ2n) is 2.19. The van der Waals surface area contributed by atoms with Crippen molar-refractivity contribution in [3.05, 3.63) is 22.2 Å².